The van der Waals surface area contributed by atoms with Crippen LogP contribution in [0, 0.1) is 5.41 Å². The number of para-hydroxylation sites is 2. The molecule has 1 aromatic carbocycles. The lowest BCUT2D eigenvalue weighted by atomic mass is 9.81. The van der Waals surface area contributed by atoms with Gasteiger partial charge < -0.3 is 20.6 Å². The van der Waals surface area contributed by atoms with Crippen LogP contribution in [-0.4, -0.2) is 57.4 Å². The number of anilines is 1. The first-order valence-corrected chi connectivity index (χ1v) is 11.2. The highest BCUT2D eigenvalue weighted by molar-refractivity contribution is 6.03. The summed E-state index contributed by atoms with van der Waals surface area (Å²) in [6.07, 6.45) is 2.29. The molecule has 2 aromatic heterocycles. The maximum Gasteiger partial charge on any atom is 0.252 e. The van der Waals surface area contributed by atoms with Crippen LogP contribution in [0.25, 0.3) is 16.7 Å². The zero-order valence-electron chi connectivity index (χ0n) is 19.0. The Morgan fingerprint density at radius 1 is 1.15 bits per heavy atom. The van der Waals surface area contributed by atoms with Crippen LogP contribution >= 0.6 is 12.4 Å². The highest BCUT2D eigenvalue weighted by atomic mass is 35.5. The van der Waals surface area contributed by atoms with E-state index in [1.54, 1.807) is 6.92 Å². The number of carbonyl (C=O) groups excluding carboxylic acids is 2. The molecule has 1 fully saturated rings. The van der Waals surface area contributed by atoms with E-state index in [0.29, 0.717) is 30.7 Å². The molecule has 2 amide bonds. The summed E-state index contributed by atoms with van der Waals surface area (Å²) in [7, 11) is 0. The van der Waals surface area contributed by atoms with Gasteiger partial charge in [-0.3, -0.25) is 14.0 Å². The molecule has 8 nitrogen and oxygen atoms in total. The maximum atomic E-state index is 12.6. The van der Waals surface area contributed by atoms with E-state index >= 15 is 0 Å². The molecule has 0 unspecified atom stereocenters. The van der Waals surface area contributed by atoms with E-state index in [2.05, 4.69) is 16.2 Å². The van der Waals surface area contributed by atoms with Crippen molar-refractivity contribution >= 4 is 46.7 Å². The summed E-state index contributed by atoms with van der Waals surface area (Å²) >= 11 is 0. The van der Waals surface area contributed by atoms with Gasteiger partial charge in [-0.1, -0.05) is 19.1 Å². The van der Waals surface area contributed by atoms with Crippen molar-refractivity contribution in [2.45, 2.75) is 39.7 Å². The molecule has 5 rings (SSSR count). The lowest BCUT2D eigenvalue weighted by Crippen LogP contribution is -2.43. The van der Waals surface area contributed by atoms with Gasteiger partial charge in [-0.25, -0.2) is 4.98 Å². The Morgan fingerprint density at radius 3 is 2.48 bits per heavy atom. The van der Waals surface area contributed by atoms with E-state index < -0.39 is 5.91 Å². The molecular formula is C24H30ClN5O3. The molecule has 0 radical (unpaired) electrons. The molecule has 9 heteroatoms. The molecule has 0 saturated carbocycles. The average molecular weight is 472 g/mol. The van der Waals surface area contributed by atoms with Gasteiger partial charge in [0.2, 0.25) is 5.91 Å². The topological polar surface area (TPSA) is 104 Å². The largest absolute Gasteiger partial charge is 0.396 e. The van der Waals surface area contributed by atoms with Crippen LogP contribution in [0.15, 0.2) is 24.3 Å². The summed E-state index contributed by atoms with van der Waals surface area (Å²) in [6.45, 7) is 6.43. The number of primary amides is 1. The van der Waals surface area contributed by atoms with Crippen molar-refractivity contribution in [3.05, 3.63) is 41.0 Å². The third-order valence-corrected chi connectivity index (χ3v) is 7.26. The molecular weight excluding hydrogens is 442 g/mol. The van der Waals surface area contributed by atoms with Gasteiger partial charge in [0.05, 0.1) is 16.6 Å². The first-order valence-electron chi connectivity index (χ1n) is 11.2. The zero-order chi connectivity index (χ0) is 22.6. The highest BCUT2D eigenvalue weighted by Gasteiger charge is 2.35. The Balaban J connectivity index is 0.00000259. The number of rotatable bonds is 3. The van der Waals surface area contributed by atoms with Crippen LogP contribution in [-0.2, 0) is 17.8 Å². The number of pyridine rings is 1. The Kier molecular flexibility index (Phi) is 6.01. The highest BCUT2D eigenvalue weighted by Crippen LogP contribution is 2.40. The molecule has 1 saturated heterocycles. The van der Waals surface area contributed by atoms with Crippen molar-refractivity contribution in [2.75, 3.05) is 31.1 Å². The first kappa shape index (κ1) is 23.3. The molecule has 0 bridgehead atoms. The molecule has 0 spiro atoms. The molecule has 0 atom stereocenters. The standard InChI is InChI=1S/C24H29N5O3.ClH/c1-15(31)28-10-7-16-17(13-28)23(27-11-8-24(2,14-30)9-12-27)29-19-6-4-3-5-18(19)26-22(29)20(16)21(25)32;/h3-6,30H,7-14H2,1-2H3,(H2,25,32);1H. The van der Waals surface area contributed by atoms with E-state index in [1.165, 1.54) is 0 Å². The van der Waals surface area contributed by atoms with Gasteiger partial charge in [-0.15, -0.1) is 12.4 Å². The predicted octanol–water partition coefficient (Wildman–Crippen LogP) is 2.51. The van der Waals surface area contributed by atoms with E-state index in [0.717, 1.165) is 53.9 Å². The lowest BCUT2D eigenvalue weighted by Gasteiger charge is -2.41. The van der Waals surface area contributed by atoms with E-state index in [-0.39, 0.29) is 30.3 Å². The normalized spacial score (nSPS) is 17.7. The van der Waals surface area contributed by atoms with Crippen LogP contribution in [0.3, 0.4) is 0 Å². The minimum atomic E-state index is -0.490. The molecule has 33 heavy (non-hydrogen) atoms. The third-order valence-electron chi connectivity index (χ3n) is 7.26. The summed E-state index contributed by atoms with van der Waals surface area (Å²) in [4.78, 5) is 33.8. The number of halogens is 1. The number of aliphatic hydroxyl groups is 1. The van der Waals surface area contributed by atoms with E-state index in [4.69, 9.17) is 10.7 Å². The number of aliphatic hydroxyl groups excluding tert-OH is 1. The molecule has 0 aliphatic carbocycles. The quantitative estimate of drug-likeness (QED) is 0.610. The van der Waals surface area contributed by atoms with Crippen LogP contribution < -0.4 is 10.6 Å². The molecule has 4 heterocycles. The summed E-state index contributed by atoms with van der Waals surface area (Å²) in [5.41, 5.74) is 10.4. The fourth-order valence-electron chi connectivity index (χ4n) is 5.20. The van der Waals surface area contributed by atoms with Crippen molar-refractivity contribution in [1.29, 1.82) is 0 Å². The number of fused-ring (bicyclic) bond motifs is 4. The van der Waals surface area contributed by atoms with Gasteiger partial charge >= 0.3 is 0 Å². The maximum absolute atomic E-state index is 12.6. The monoisotopic (exact) mass is 471 g/mol. The van der Waals surface area contributed by atoms with Crippen molar-refractivity contribution in [2.24, 2.45) is 11.1 Å². The number of aromatic nitrogens is 2. The Bertz CT molecular complexity index is 1250. The summed E-state index contributed by atoms with van der Waals surface area (Å²) in [6, 6.07) is 7.84. The number of amides is 2. The van der Waals surface area contributed by atoms with E-state index in [1.807, 2.05) is 29.2 Å². The van der Waals surface area contributed by atoms with Crippen molar-refractivity contribution in [3.63, 3.8) is 0 Å². The average Bonchev–Trinajstić information content (AvgIpc) is 3.16. The molecule has 3 aromatic rings. The minimum Gasteiger partial charge on any atom is -0.396 e. The van der Waals surface area contributed by atoms with E-state index in [9.17, 15) is 14.7 Å². The van der Waals surface area contributed by atoms with Gasteiger partial charge in [0, 0.05) is 45.3 Å². The van der Waals surface area contributed by atoms with Crippen molar-refractivity contribution < 1.29 is 14.7 Å². The third kappa shape index (κ3) is 3.71. The van der Waals surface area contributed by atoms with Crippen molar-refractivity contribution in [3.8, 4) is 0 Å². The fourth-order valence-corrected chi connectivity index (χ4v) is 5.20. The Labute approximate surface area is 198 Å². The van der Waals surface area contributed by atoms with Gasteiger partial charge in [0.25, 0.3) is 5.91 Å². The first-order chi connectivity index (χ1) is 15.3. The number of piperidine rings is 1. The van der Waals surface area contributed by atoms with Gasteiger partial charge in [-0.05, 0) is 42.4 Å². The molecule has 2 aliphatic heterocycles. The van der Waals surface area contributed by atoms with Gasteiger partial charge in [0.15, 0.2) is 5.65 Å². The van der Waals surface area contributed by atoms with Crippen LogP contribution in [0.2, 0.25) is 0 Å². The minimum absolute atomic E-state index is 0. The molecule has 3 N–H and O–H groups in total. The van der Waals surface area contributed by atoms with Crippen LogP contribution in [0.4, 0.5) is 5.82 Å². The second kappa shape index (κ2) is 8.50. The predicted molar refractivity (Wildman–Crippen MR) is 130 cm³/mol. The Morgan fingerprint density at radius 2 is 1.85 bits per heavy atom. The SMILES string of the molecule is CC(=O)N1CCc2c(c(N3CCC(C)(CO)CC3)n3c(nc4ccccc43)c2C(N)=O)C1.Cl. The number of hydrogen-bond acceptors (Lipinski definition) is 5. The summed E-state index contributed by atoms with van der Waals surface area (Å²) in [5, 5.41) is 9.84. The number of imidazole rings is 1. The number of nitrogens with two attached hydrogens (primary N) is 1. The van der Waals surface area contributed by atoms with Crippen LogP contribution in [0.1, 0.15) is 48.2 Å². The van der Waals surface area contributed by atoms with Crippen molar-refractivity contribution in [1.82, 2.24) is 14.3 Å². The number of carbonyl (C=O) groups is 2. The van der Waals surface area contributed by atoms with Gasteiger partial charge in [-0.2, -0.15) is 0 Å². The van der Waals surface area contributed by atoms with Gasteiger partial charge in [0.1, 0.15) is 5.82 Å². The number of hydrogen-bond donors (Lipinski definition) is 2. The lowest BCUT2D eigenvalue weighted by molar-refractivity contribution is -0.129. The fraction of sp³-hybridized carbons (Fsp3) is 0.458. The Hall–Kier alpha value is -2.84. The smallest absolute Gasteiger partial charge is 0.252 e. The zero-order valence-corrected chi connectivity index (χ0v) is 19.8. The molecule has 176 valence electrons. The summed E-state index contributed by atoms with van der Waals surface area (Å²) < 4.78 is 2.06. The molecule has 2 aliphatic rings. The summed E-state index contributed by atoms with van der Waals surface area (Å²) in [5.74, 6) is 0.514. The number of nitrogens with zero attached hydrogens (tertiary/aromatic N) is 4. The second-order valence-corrected chi connectivity index (χ2v) is 9.43. The van der Waals surface area contributed by atoms with Crippen LogP contribution in [0.5, 0.6) is 0 Å². The second-order valence-electron chi connectivity index (χ2n) is 9.43. The number of benzene rings is 1.